The lowest BCUT2D eigenvalue weighted by atomic mass is 10.1. The Labute approximate surface area is 154 Å². The SMILES string of the molecule is COc1ccccc1S(=O)(=O)NCCn1nc(C(F)(F)F)c2c1CCOC2. The number of aromatic nitrogens is 2. The summed E-state index contributed by atoms with van der Waals surface area (Å²) in [5.41, 5.74) is -0.545. The number of para-hydroxylation sites is 1. The molecule has 1 aromatic heterocycles. The van der Waals surface area contributed by atoms with Crippen LogP contribution in [0.5, 0.6) is 5.75 Å². The van der Waals surface area contributed by atoms with Crippen molar-refractivity contribution in [1.29, 1.82) is 0 Å². The van der Waals surface area contributed by atoms with Crippen molar-refractivity contribution < 1.29 is 31.1 Å². The number of alkyl halides is 3. The molecule has 0 unspecified atom stereocenters. The highest BCUT2D eigenvalue weighted by Gasteiger charge is 2.39. The van der Waals surface area contributed by atoms with Gasteiger partial charge in [0.1, 0.15) is 10.6 Å². The average molecular weight is 405 g/mol. The van der Waals surface area contributed by atoms with Gasteiger partial charge in [0.2, 0.25) is 10.0 Å². The maximum atomic E-state index is 13.1. The molecule has 2 aromatic rings. The Morgan fingerprint density at radius 2 is 2.07 bits per heavy atom. The Morgan fingerprint density at radius 3 is 2.78 bits per heavy atom. The van der Waals surface area contributed by atoms with Gasteiger partial charge in [0, 0.05) is 24.2 Å². The zero-order valence-corrected chi connectivity index (χ0v) is 15.2. The van der Waals surface area contributed by atoms with Gasteiger partial charge in [-0.05, 0) is 12.1 Å². The van der Waals surface area contributed by atoms with E-state index in [1.807, 2.05) is 0 Å². The first-order valence-corrected chi connectivity index (χ1v) is 9.58. The van der Waals surface area contributed by atoms with Gasteiger partial charge in [0.15, 0.2) is 5.69 Å². The normalized spacial score (nSPS) is 14.8. The summed E-state index contributed by atoms with van der Waals surface area (Å²) in [5, 5.41) is 3.64. The molecule has 0 aliphatic carbocycles. The van der Waals surface area contributed by atoms with Gasteiger partial charge < -0.3 is 9.47 Å². The third-order valence-electron chi connectivity index (χ3n) is 4.14. The van der Waals surface area contributed by atoms with E-state index in [0.717, 1.165) is 0 Å². The quantitative estimate of drug-likeness (QED) is 0.795. The van der Waals surface area contributed by atoms with Crippen LogP contribution in [-0.2, 0) is 40.5 Å². The van der Waals surface area contributed by atoms with Crippen molar-refractivity contribution in [2.24, 2.45) is 0 Å². The molecule has 7 nitrogen and oxygen atoms in total. The topological polar surface area (TPSA) is 82.5 Å². The van der Waals surface area contributed by atoms with Crippen molar-refractivity contribution in [2.45, 2.75) is 30.6 Å². The monoisotopic (exact) mass is 405 g/mol. The number of nitrogens with one attached hydrogen (secondary N) is 1. The highest BCUT2D eigenvalue weighted by molar-refractivity contribution is 7.89. The van der Waals surface area contributed by atoms with E-state index in [1.54, 1.807) is 12.1 Å². The number of sulfonamides is 1. The molecule has 1 aliphatic rings. The summed E-state index contributed by atoms with van der Waals surface area (Å²) in [4.78, 5) is -0.0422. The van der Waals surface area contributed by atoms with Crippen molar-refractivity contribution in [3.8, 4) is 5.75 Å². The van der Waals surface area contributed by atoms with E-state index in [9.17, 15) is 21.6 Å². The lowest BCUT2D eigenvalue weighted by Crippen LogP contribution is -2.29. The summed E-state index contributed by atoms with van der Waals surface area (Å²) in [6.45, 7) is -0.0144. The van der Waals surface area contributed by atoms with Gasteiger partial charge in [-0.3, -0.25) is 4.68 Å². The van der Waals surface area contributed by atoms with Gasteiger partial charge in [-0.1, -0.05) is 12.1 Å². The molecule has 0 bridgehead atoms. The molecular formula is C16H18F3N3O4S. The Bertz CT molecular complexity index is 925. The number of halogens is 3. The van der Waals surface area contributed by atoms with Crippen LogP contribution in [0, 0.1) is 0 Å². The molecule has 0 radical (unpaired) electrons. The second kappa shape index (κ2) is 7.49. The van der Waals surface area contributed by atoms with Crippen molar-refractivity contribution in [3.63, 3.8) is 0 Å². The summed E-state index contributed by atoms with van der Waals surface area (Å²) < 4.78 is 78.0. The molecular weight excluding hydrogens is 387 g/mol. The first kappa shape index (κ1) is 19.6. The van der Waals surface area contributed by atoms with Gasteiger partial charge >= 0.3 is 6.18 Å². The number of benzene rings is 1. The zero-order valence-electron chi connectivity index (χ0n) is 14.4. The first-order chi connectivity index (χ1) is 12.7. The summed E-state index contributed by atoms with van der Waals surface area (Å²) in [5.74, 6) is 0.179. The van der Waals surface area contributed by atoms with Gasteiger partial charge in [0.05, 0.1) is 26.9 Å². The van der Waals surface area contributed by atoms with Crippen LogP contribution in [0.1, 0.15) is 17.0 Å². The summed E-state index contributed by atoms with van der Waals surface area (Å²) in [6, 6.07) is 6.08. The molecule has 27 heavy (non-hydrogen) atoms. The van der Waals surface area contributed by atoms with Crippen LogP contribution < -0.4 is 9.46 Å². The van der Waals surface area contributed by atoms with E-state index >= 15 is 0 Å². The maximum Gasteiger partial charge on any atom is 0.435 e. The van der Waals surface area contributed by atoms with E-state index in [2.05, 4.69) is 9.82 Å². The molecule has 0 amide bonds. The lowest BCUT2D eigenvalue weighted by molar-refractivity contribution is -0.142. The molecule has 2 heterocycles. The van der Waals surface area contributed by atoms with Crippen LogP contribution in [-0.4, -0.2) is 38.5 Å². The number of methoxy groups -OCH3 is 1. The minimum atomic E-state index is -4.59. The Hall–Kier alpha value is -2.11. The van der Waals surface area contributed by atoms with Crippen LogP contribution in [0.25, 0.3) is 0 Å². The number of fused-ring (bicyclic) bond motifs is 1. The van der Waals surface area contributed by atoms with E-state index in [4.69, 9.17) is 9.47 Å². The molecule has 3 rings (SSSR count). The third-order valence-corrected chi connectivity index (χ3v) is 5.64. The molecule has 0 atom stereocenters. The number of hydrogen-bond donors (Lipinski definition) is 1. The van der Waals surface area contributed by atoms with E-state index in [1.165, 1.54) is 23.9 Å². The summed E-state index contributed by atoms with van der Waals surface area (Å²) in [6.07, 6.45) is -4.30. The molecule has 1 aliphatic heterocycles. The van der Waals surface area contributed by atoms with Crippen molar-refractivity contribution in [2.75, 3.05) is 20.3 Å². The third kappa shape index (κ3) is 4.09. The Kier molecular flexibility index (Phi) is 5.45. The first-order valence-electron chi connectivity index (χ1n) is 8.10. The number of hydrogen-bond acceptors (Lipinski definition) is 5. The van der Waals surface area contributed by atoms with Crippen LogP contribution >= 0.6 is 0 Å². The number of rotatable bonds is 6. The fourth-order valence-electron chi connectivity index (χ4n) is 2.93. The van der Waals surface area contributed by atoms with Gasteiger partial charge in [-0.25, -0.2) is 13.1 Å². The fraction of sp³-hybridized carbons (Fsp3) is 0.438. The Balaban J connectivity index is 1.77. The van der Waals surface area contributed by atoms with Crippen molar-refractivity contribution >= 4 is 10.0 Å². The van der Waals surface area contributed by atoms with Crippen LogP contribution in [0.4, 0.5) is 13.2 Å². The second-order valence-corrected chi connectivity index (χ2v) is 7.58. The Morgan fingerprint density at radius 1 is 1.33 bits per heavy atom. The number of ether oxygens (including phenoxy) is 2. The molecule has 148 valence electrons. The summed E-state index contributed by atoms with van der Waals surface area (Å²) >= 11 is 0. The van der Waals surface area contributed by atoms with E-state index in [0.29, 0.717) is 12.3 Å². The molecule has 1 aromatic carbocycles. The lowest BCUT2D eigenvalue weighted by Gasteiger charge is -2.16. The van der Waals surface area contributed by atoms with Crippen LogP contribution in [0.3, 0.4) is 0 Å². The van der Waals surface area contributed by atoms with Crippen molar-refractivity contribution in [3.05, 3.63) is 41.2 Å². The smallest absolute Gasteiger partial charge is 0.435 e. The van der Waals surface area contributed by atoms with Gasteiger partial charge in [-0.2, -0.15) is 18.3 Å². The molecule has 0 saturated carbocycles. The minimum absolute atomic E-state index is 0.0151. The highest BCUT2D eigenvalue weighted by atomic mass is 32.2. The molecule has 0 spiro atoms. The second-order valence-electron chi connectivity index (χ2n) is 5.85. The number of nitrogens with zero attached hydrogens (tertiary/aromatic N) is 2. The highest BCUT2D eigenvalue weighted by Crippen LogP contribution is 2.34. The average Bonchev–Trinajstić information content (AvgIpc) is 3.01. The largest absolute Gasteiger partial charge is 0.495 e. The molecule has 11 heteroatoms. The molecule has 0 fully saturated rings. The predicted octanol–water partition coefficient (Wildman–Crippen LogP) is 1.96. The minimum Gasteiger partial charge on any atom is -0.495 e. The van der Waals surface area contributed by atoms with Crippen LogP contribution in [0.15, 0.2) is 29.2 Å². The van der Waals surface area contributed by atoms with Gasteiger partial charge in [0.25, 0.3) is 0 Å². The van der Waals surface area contributed by atoms with E-state index in [-0.39, 0.29) is 42.3 Å². The van der Waals surface area contributed by atoms with Gasteiger partial charge in [-0.15, -0.1) is 0 Å². The van der Waals surface area contributed by atoms with Crippen LogP contribution in [0.2, 0.25) is 0 Å². The van der Waals surface area contributed by atoms with Crippen molar-refractivity contribution in [1.82, 2.24) is 14.5 Å². The predicted molar refractivity (Wildman–Crippen MR) is 88.8 cm³/mol. The summed E-state index contributed by atoms with van der Waals surface area (Å²) in [7, 11) is -2.53. The zero-order chi connectivity index (χ0) is 19.7. The fourth-order valence-corrected chi connectivity index (χ4v) is 4.12. The molecule has 1 N–H and O–H groups in total. The maximum absolute atomic E-state index is 13.1. The molecule has 0 saturated heterocycles. The van der Waals surface area contributed by atoms with E-state index < -0.39 is 21.9 Å². The standard InChI is InChI=1S/C16H18F3N3O4S/c1-25-13-4-2-3-5-14(13)27(23,24)20-7-8-22-12-6-9-26-10-11(12)15(21-22)16(17,18)19/h2-5,20H,6-10H2,1H3.